The molecule has 3 heteroatoms. The van der Waals surface area contributed by atoms with E-state index in [2.05, 4.69) is 50.8 Å². The molecule has 1 heterocycles. The molecule has 2 rings (SSSR count). The smallest absolute Gasteiger partial charge is 0.0594 e. The van der Waals surface area contributed by atoms with E-state index in [0.717, 1.165) is 32.7 Å². The molecule has 3 nitrogen and oxygen atoms in total. The zero-order valence-electron chi connectivity index (χ0n) is 13.3. The van der Waals surface area contributed by atoms with Gasteiger partial charge in [-0.05, 0) is 32.8 Å². The van der Waals surface area contributed by atoms with Crippen LogP contribution in [-0.4, -0.2) is 36.7 Å². The summed E-state index contributed by atoms with van der Waals surface area (Å²) in [7, 11) is 0. The number of hydrogen-bond acceptors (Lipinski definition) is 3. The summed E-state index contributed by atoms with van der Waals surface area (Å²) >= 11 is 0. The van der Waals surface area contributed by atoms with Crippen LogP contribution in [-0.2, 0) is 4.74 Å². The molecule has 1 aliphatic rings. The van der Waals surface area contributed by atoms with Crippen molar-refractivity contribution in [1.29, 1.82) is 0 Å². The second-order valence-corrected chi connectivity index (χ2v) is 6.21. The first-order valence-corrected chi connectivity index (χ1v) is 7.64. The van der Waals surface area contributed by atoms with Crippen molar-refractivity contribution >= 4 is 0 Å². The van der Waals surface area contributed by atoms with E-state index in [1.54, 1.807) is 0 Å². The lowest BCUT2D eigenvalue weighted by atomic mass is 9.82. The van der Waals surface area contributed by atoms with E-state index in [4.69, 9.17) is 10.5 Å². The van der Waals surface area contributed by atoms with Crippen LogP contribution < -0.4 is 5.73 Å². The maximum absolute atomic E-state index is 6.67. The highest BCUT2D eigenvalue weighted by atomic mass is 16.5. The first kappa shape index (κ1) is 15.5. The molecule has 0 radical (unpaired) electrons. The monoisotopic (exact) mass is 276 g/mol. The van der Waals surface area contributed by atoms with E-state index in [1.807, 2.05) is 0 Å². The molecule has 1 saturated heterocycles. The highest BCUT2D eigenvalue weighted by Gasteiger charge is 2.37. The maximum Gasteiger partial charge on any atom is 0.0594 e. The lowest BCUT2D eigenvalue weighted by Crippen LogP contribution is -2.56. The van der Waals surface area contributed by atoms with Crippen molar-refractivity contribution in [2.45, 2.75) is 45.7 Å². The predicted octanol–water partition coefficient (Wildman–Crippen LogP) is 2.80. The van der Waals surface area contributed by atoms with Crippen LogP contribution >= 0.6 is 0 Å². The third-order valence-corrected chi connectivity index (χ3v) is 4.72. The molecular weight excluding hydrogens is 248 g/mol. The van der Waals surface area contributed by atoms with Crippen LogP contribution in [0.2, 0.25) is 0 Å². The van der Waals surface area contributed by atoms with Gasteiger partial charge in [0, 0.05) is 24.7 Å². The fourth-order valence-corrected chi connectivity index (χ4v) is 3.26. The van der Waals surface area contributed by atoms with Gasteiger partial charge in [0.25, 0.3) is 0 Å². The SMILES string of the molecule is CCC(C)(C(N)c1cc(C)cc(C)c1)N1CCOCC1. The van der Waals surface area contributed by atoms with Crippen LogP contribution in [0.3, 0.4) is 0 Å². The molecular formula is C17H28N2O. The molecule has 1 aromatic rings. The van der Waals surface area contributed by atoms with Crippen LogP contribution in [0.1, 0.15) is 43.0 Å². The first-order chi connectivity index (χ1) is 9.47. The quantitative estimate of drug-likeness (QED) is 0.919. The Morgan fingerprint density at radius 1 is 1.20 bits per heavy atom. The van der Waals surface area contributed by atoms with Gasteiger partial charge < -0.3 is 10.5 Å². The normalized spacial score (nSPS) is 21.4. The summed E-state index contributed by atoms with van der Waals surface area (Å²) in [4.78, 5) is 2.50. The van der Waals surface area contributed by atoms with Crippen molar-refractivity contribution < 1.29 is 4.74 Å². The highest BCUT2D eigenvalue weighted by molar-refractivity contribution is 5.32. The average molecular weight is 276 g/mol. The van der Waals surface area contributed by atoms with Crippen LogP contribution in [0.15, 0.2) is 18.2 Å². The summed E-state index contributed by atoms with van der Waals surface area (Å²) in [5.74, 6) is 0. The molecule has 20 heavy (non-hydrogen) atoms. The van der Waals surface area contributed by atoms with Gasteiger partial charge in [0.1, 0.15) is 0 Å². The molecule has 2 unspecified atom stereocenters. The number of aryl methyl sites for hydroxylation is 2. The average Bonchev–Trinajstić information content (AvgIpc) is 2.45. The Kier molecular flexibility index (Phi) is 4.84. The molecule has 2 atom stereocenters. The number of rotatable bonds is 4. The van der Waals surface area contributed by atoms with E-state index in [-0.39, 0.29) is 11.6 Å². The molecule has 2 N–H and O–H groups in total. The van der Waals surface area contributed by atoms with Crippen molar-refractivity contribution in [1.82, 2.24) is 4.90 Å². The Balaban J connectivity index is 2.29. The Labute approximate surface area is 123 Å². The van der Waals surface area contributed by atoms with Crippen LogP contribution in [0.25, 0.3) is 0 Å². The minimum Gasteiger partial charge on any atom is -0.379 e. The van der Waals surface area contributed by atoms with Crippen molar-refractivity contribution in [3.8, 4) is 0 Å². The van der Waals surface area contributed by atoms with Gasteiger partial charge in [0.15, 0.2) is 0 Å². The fourth-order valence-electron chi connectivity index (χ4n) is 3.26. The third kappa shape index (κ3) is 3.05. The number of hydrogen-bond donors (Lipinski definition) is 1. The second kappa shape index (κ2) is 6.25. The van der Waals surface area contributed by atoms with Gasteiger partial charge in [-0.25, -0.2) is 0 Å². The molecule has 1 aromatic carbocycles. The van der Waals surface area contributed by atoms with E-state index >= 15 is 0 Å². The Morgan fingerprint density at radius 3 is 2.25 bits per heavy atom. The molecule has 0 amide bonds. The van der Waals surface area contributed by atoms with Gasteiger partial charge in [0.2, 0.25) is 0 Å². The summed E-state index contributed by atoms with van der Waals surface area (Å²) < 4.78 is 5.48. The standard InChI is InChI=1S/C17H28N2O/c1-5-17(4,19-6-8-20-9-7-19)16(18)15-11-13(2)10-14(3)12-15/h10-12,16H,5-9,18H2,1-4H3. The van der Waals surface area contributed by atoms with Gasteiger partial charge >= 0.3 is 0 Å². The molecule has 0 bridgehead atoms. The minimum atomic E-state index is -0.00991. The topological polar surface area (TPSA) is 38.5 Å². The molecule has 0 aromatic heterocycles. The second-order valence-electron chi connectivity index (χ2n) is 6.21. The van der Waals surface area contributed by atoms with E-state index in [9.17, 15) is 0 Å². The van der Waals surface area contributed by atoms with Crippen LogP contribution in [0, 0.1) is 13.8 Å². The fraction of sp³-hybridized carbons (Fsp3) is 0.647. The molecule has 112 valence electrons. The Morgan fingerprint density at radius 2 is 1.75 bits per heavy atom. The largest absolute Gasteiger partial charge is 0.379 e. The lowest BCUT2D eigenvalue weighted by Gasteiger charge is -2.46. The molecule has 0 spiro atoms. The Hall–Kier alpha value is -0.900. The zero-order chi connectivity index (χ0) is 14.8. The predicted molar refractivity (Wildman–Crippen MR) is 83.9 cm³/mol. The summed E-state index contributed by atoms with van der Waals surface area (Å²) in [6.07, 6.45) is 1.04. The molecule has 1 aliphatic heterocycles. The number of nitrogens with zero attached hydrogens (tertiary/aromatic N) is 1. The van der Waals surface area contributed by atoms with Gasteiger partial charge in [-0.2, -0.15) is 0 Å². The molecule has 1 fully saturated rings. The minimum absolute atomic E-state index is 0.00991. The zero-order valence-corrected chi connectivity index (χ0v) is 13.3. The number of nitrogens with two attached hydrogens (primary N) is 1. The third-order valence-electron chi connectivity index (χ3n) is 4.72. The summed E-state index contributed by atoms with van der Waals surface area (Å²) in [6, 6.07) is 6.69. The highest BCUT2D eigenvalue weighted by Crippen LogP contribution is 2.33. The Bertz CT molecular complexity index is 434. The van der Waals surface area contributed by atoms with Crippen LogP contribution in [0.4, 0.5) is 0 Å². The van der Waals surface area contributed by atoms with Gasteiger partial charge in [0.05, 0.1) is 13.2 Å². The van der Waals surface area contributed by atoms with Crippen molar-refractivity contribution in [2.75, 3.05) is 26.3 Å². The van der Waals surface area contributed by atoms with Gasteiger partial charge in [-0.3, -0.25) is 4.90 Å². The van der Waals surface area contributed by atoms with Crippen molar-refractivity contribution in [2.24, 2.45) is 5.73 Å². The summed E-state index contributed by atoms with van der Waals surface area (Å²) in [6.45, 7) is 12.4. The lowest BCUT2D eigenvalue weighted by molar-refractivity contribution is -0.0278. The summed E-state index contributed by atoms with van der Waals surface area (Å²) in [5, 5.41) is 0. The van der Waals surface area contributed by atoms with Gasteiger partial charge in [-0.15, -0.1) is 0 Å². The number of benzene rings is 1. The van der Waals surface area contributed by atoms with Crippen molar-refractivity contribution in [3.05, 3.63) is 34.9 Å². The van der Waals surface area contributed by atoms with Crippen molar-refractivity contribution in [3.63, 3.8) is 0 Å². The number of ether oxygens (including phenoxy) is 1. The maximum atomic E-state index is 6.67. The van der Waals surface area contributed by atoms with E-state index in [0.29, 0.717) is 0 Å². The van der Waals surface area contributed by atoms with E-state index in [1.165, 1.54) is 16.7 Å². The first-order valence-electron chi connectivity index (χ1n) is 7.64. The van der Waals surface area contributed by atoms with E-state index < -0.39 is 0 Å². The molecule has 0 aliphatic carbocycles. The van der Waals surface area contributed by atoms with Crippen LogP contribution in [0.5, 0.6) is 0 Å². The van der Waals surface area contributed by atoms with Gasteiger partial charge in [-0.1, -0.05) is 36.2 Å². The summed E-state index contributed by atoms with van der Waals surface area (Å²) in [5.41, 5.74) is 10.5. The molecule has 0 saturated carbocycles. The number of morpholine rings is 1.